The summed E-state index contributed by atoms with van der Waals surface area (Å²) in [6.07, 6.45) is 0. The summed E-state index contributed by atoms with van der Waals surface area (Å²) in [5.74, 6) is -0.221. The quantitative estimate of drug-likeness (QED) is 0.788. The number of benzene rings is 2. The maximum absolute atomic E-state index is 12.3. The van der Waals surface area contributed by atoms with E-state index >= 15 is 0 Å². The smallest absolute Gasteiger partial charge is 0.251 e. The van der Waals surface area contributed by atoms with E-state index in [2.05, 4.69) is 10.0 Å². The van der Waals surface area contributed by atoms with Crippen molar-refractivity contribution in [3.05, 3.63) is 64.7 Å². The zero-order chi connectivity index (χ0) is 17.7. The summed E-state index contributed by atoms with van der Waals surface area (Å²) >= 11 is 0. The van der Waals surface area contributed by atoms with E-state index in [1.165, 1.54) is 0 Å². The van der Waals surface area contributed by atoms with Crippen molar-refractivity contribution in [2.45, 2.75) is 25.7 Å². The molecule has 0 saturated carbocycles. The van der Waals surface area contributed by atoms with E-state index in [-0.39, 0.29) is 23.9 Å². The lowest BCUT2D eigenvalue weighted by molar-refractivity contribution is 0.0954. The molecule has 0 saturated heterocycles. The SMILES string of the molecule is Cc1ccc(C(=O)NCCNS(=O)(=O)c2cc(C)ccc2C)cc1. The summed E-state index contributed by atoms with van der Waals surface area (Å²) in [4.78, 5) is 12.2. The topological polar surface area (TPSA) is 75.3 Å². The maximum atomic E-state index is 12.3. The van der Waals surface area contributed by atoms with Crippen molar-refractivity contribution in [1.29, 1.82) is 0 Å². The molecule has 0 heterocycles. The molecule has 0 fully saturated rings. The minimum Gasteiger partial charge on any atom is -0.351 e. The first kappa shape index (κ1) is 18.2. The monoisotopic (exact) mass is 346 g/mol. The Morgan fingerprint density at radius 2 is 1.54 bits per heavy atom. The van der Waals surface area contributed by atoms with E-state index in [1.54, 1.807) is 31.2 Å². The van der Waals surface area contributed by atoms with E-state index < -0.39 is 10.0 Å². The molecule has 0 aromatic heterocycles. The summed E-state index contributed by atoms with van der Waals surface area (Å²) in [7, 11) is -3.58. The van der Waals surface area contributed by atoms with Gasteiger partial charge in [0.15, 0.2) is 0 Å². The van der Waals surface area contributed by atoms with Crippen LogP contribution in [-0.2, 0) is 10.0 Å². The molecule has 6 heteroatoms. The van der Waals surface area contributed by atoms with Crippen molar-refractivity contribution in [2.24, 2.45) is 0 Å². The average Bonchev–Trinajstić information content (AvgIpc) is 2.54. The third kappa shape index (κ3) is 4.66. The predicted molar refractivity (Wildman–Crippen MR) is 94.6 cm³/mol. The number of nitrogens with one attached hydrogen (secondary N) is 2. The fraction of sp³-hybridized carbons (Fsp3) is 0.278. The molecular weight excluding hydrogens is 324 g/mol. The second-order valence-corrected chi connectivity index (χ2v) is 7.52. The Labute approximate surface area is 143 Å². The molecule has 0 aliphatic rings. The van der Waals surface area contributed by atoms with Crippen LogP contribution >= 0.6 is 0 Å². The molecule has 0 spiro atoms. The largest absolute Gasteiger partial charge is 0.351 e. The summed E-state index contributed by atoms with van der Waals surface area (Å²) < 4.78 is 27.2. The van der Waals surface area contributed by atoms with Crippen molar-refractivity contribution in [3.63, 3.8) is 0 Å². The second-order valence-electron chi connectivity index (χ2n) is 5.79. The molecule has 2 aromatic carbocycles. The van der Waals surface area contributed by atoms with Gasteiger partial charge in [-0.3, -0.25) is 4.79 Å². The van der Waals surface area contributed by atoms with Gasteiger partial charge in [-0.05, 0) is 50.1 Å². The first-order valence-electron chi connectivity index (χ1n) is 7.71. The molecule has 24 heavy (non-hydrogen) atoms. The van der Waals surface area contributed by atoms with Gasteiger partial charge < -0.3 is 5.32 Å². The number of hydrogen-bond donors (Lipinski definition) is 2. The van der Waals surface area contributed by atoms with Crippen molar-refractivity contribution in [2.75, 3.05) is 13.1 Å². The van der Waals surface area contributed by atoms with Gasteiger partial charge in [0.1, 0.15) is 0 Å². The van der Waals surface area contributed by atoms with Crippen LogP contribution in [0.1, 0.15) is 27.0 Å². The van der Waals surface area contributed by atoms with Crippen molar-refractivity contribution >= 4 is 15.9 Å². The van der Waals surface area contributed by atoms with Gasteiger partial charge in [0.05, 0.1) is 4.90 Å². The molecule has 0 unspecified atom stereocenters. The van der Waals surface area contributed by atoms with Crippen LogP contribution in [0.3, 0.4) is 0 Å². The van der Waals surface area contributed by atoms with Gasteiger partial charge in [0.25, 0.3) is 5.91 Å². The Morgan fingerprint density at radius 3 is 2.21 bits per heavy atom. The van der Waals surface area contributed by atoms with Crippen LogP contribution in [0.4, 0.5) is 0 Å². The molecule has 0 aliphatic carbocycles. The summed E-state index contributed by atoms with van der Waals surface area (Å²) in [5.41, 5.74) is 3.20. The molecule has 2 N–H and O–H groups in total. The van der Waals surface area contributed by atoms with Gasteiger partial charge in [0.2, 0.25) is 10.0 Å². The van der Waals surface area contributed by atoms with Gasteiger partial charge >= 0.3 is 0 Å². The zero-order valence-electron chi connectivity index (χ0n) is 14.1. The Kier molecular flexibility index (Phi) is 5.75. The van der Waals surface area contributed by atoms with Crippen molar-refractivity contribution < 1.29 is 13.2 Å². The fourth-order valence-electron chi connectivity index (χ4n) is 2.24. The second kappa shape index (κ2) is 7.59. The predicted octanol–water partition coefficient (Wildman–Crippen LogP) is 2.32. The molecule has 0 radical (unpaired) electrons. The molecule has 0 bridgehead atoms. The summed E-state index contributed by atoms with van der Waals surface area (Å²) in [5, 5.41) is 2.70. The van der Waals surface area contributed by atoms with Gasteiger partial charge in [-0.2, -0.15) is 0 Å². The zero-order valence-corrected chi connectivity index (χ0v) is 14.9. The maximum Gasteiger partial charge on any atom is 0.251 e. The molecule has 0 aliphatic heterocycles. The van der Waals surface area contributed by atoms with Crippen molar-refractivity contribution in [3.8, 4) is 0 Å². The number of carbonyl (C=O) groups is 1. The molecular formula is C18H22N2O3S. The Morgan fingerprint density at radius 1 is 0.917 bits per heavy atom. The number of rotatable bonds is 6. The van der Waals surface area contributed by atoms with E-state index in [0.717, 1.165) is 11.1 Å². The van der Waals surface area contributed by atoms with Gasteiger partial charge in [-0.15, -0.1) is 0 Å². The highest BCUT2D eigenvalue weighted by atomic mass is 32.2. The lowest BCUT2D eigenvalue weighted by Crippen LogP contribution is -2.35. The summed E-state index contributed by atoms with van der Waals surface area (Å²) in [6.45, 7) is 5.90. The van der Waals surface area contributed by atoms with Crippen LogP contribution in [0.15, 0.2) is 47.4 Å². The number of hydrogen-bond acceptors (Lipinski definition) is 3. The van der Waals surface area contributed by atoms with Crippen LogP contribution in [0.5, 0.6) is 0 Å². The number of carbonyl (C=O) groups excluding carboxylic acids is 1. The van der Waals surface area contributed by atoms with Crippen LogP contribution < -0.4 is 10.0 Å². The number of aryl methyl sites for hydroxylation is 3. The minimum atomic E-state index is -3.58. The van der Waals surface area contributed by atoms with Gasteiger partial charge in [-0.25, -0.2) is 13.1 Å². The third-order valence-electron chi connectivity index (χ3n) is 3.65. The number of sulfonamides is 1. The number of amides is 1. The highest BCUT2D eigenvalue weighted by Crippen LogP contribution is 2.16. The lowest BCUT2D eigenvalue weighted by atomic mass is 10.1. The van der Waals surface area contributed by atoms with Gasteiger partial charge in [-0.1, -0.05) is 29.8 Å². The van der Waals surface area contributed by atoms with Crippen LogP contribution in [0.25, 0.3) is 0 Å². The molecule has 2 aromatic rings. The third-order valence-corrected chi connectivity index (χ3v) is 5.25. The van der Waals surface area contributed by atoms with Gasteiger partial charge in [0, 0.05) is 18.7 Å². The van der Waals surface area contributed by atoms with E-state index in [1.807, 2.05) is 32.0 Å². The minimum absolute atomic E-state index is 0.132. The van der Waals surface area contributed by atoms with E-state index in [0.29, 0.717) is 11.1 Å². The Hall–Kier alpha value is -2.18. The van der Waals surface area contributed by atoms with Crippen LogP contribution in [-0.4, -0.2) is 27.4 Å². The molecule has 5 nitrogen and oxygen atoms in total. The normalized spacial score (nSPS) is 11.3. The Bertz CT molecular complexity index is 828. The van der Waals surface area contributed by atoms with Crippen LogP contribution in [0.2, 0.25) is 0 Å². The first-order valence-corrected chi connectivity index (χ1v) is 9.20. The molecule has 128 valence electrons. The van der Waals surface area contributed by atoms with Crippen LogP contribution in [0, 0.1) is 20.8 Å². The average molecular weight is 346 g/mol. The summed E-state index contributed by atoms with van der Waals surface area (Å²) in [6, 6.07) is 12.5. The Balaban J connectivity index is 1.90. The molecule has 0 atom stereocenters. The molecule has 1 amide bonds. The highest BCUT2D eigenvalue weighted by molar-refractivity contribution is 7.89. The van der Waals surface area contributed by atoms with E-state index in [4.69, 9.17) is 0 Å². The first-order chi connectivity index (χ1) is 11.3. The van der Waals surface area contributed by atoms with Crippen molar-refractivity contribution in [1.82, 2.24) is 10.0 Å². The molecule has 2 rings (SSSR count). The fourth-order valence-corrected chi connectivity index (χ4v) is 3.60. The lowest BCUT2D eigenvalue weighted by Gasteiger charge is -2.11. The standard InChI is InChI=1S/C18H22N2O3S/c1-13-5-8-16(9-6-13)18(21)19-10-11-20-24(22,23)17-12-14(2)4-7-15(17)3/h4-9,12,20H,10-11H2,1-3H3,(H,19,21). The van der Waals surface area contributed by atoms with E-state index in [9.17, 15) is 13.2 Å². The highest BCUT2D eigenvalue weighted by Gasteiger charge is 2.16.